The molecule has 0 heterocycles. The van der Waals surface area contributed by atoms with E-state index in [-0.39, 0.29) is 12.4 Å². The number of halogens is 3. The summed E-state index contributed by atoms with van der Waals surface area (Å²) in [7, 11) is -5.77. The van der Waals surface area contributed by atoms with Gasteiger partial charge in [-0.3, -0.25) is 0 Å². The van der Waals surface area contributed by atoms with Gasteiger partial charge in [0.1, 0.15) is 0 Å². The van der Waals surface area contributed by atoms with Crippen LogP contribution in [0.1, 0.15) is 51.2 Å². The molecule has 1 aliphatic carbocycles. The molecule has 0 aliphatic heterocycles. The fourth-order valence-corrected chi connectivity index (χ4v) is 3.49. The van der Waals surface area contributed by atoms with Crippen LogP contribution in [0.5, 0.6) is 11.5 Å². The van der Waals surface area contributed by atoms with E-state index in [1.807, 2.05) is 13.0 Å². The molecule has 0 unspecified atom stereocenters. The Balaban J connectivity index is 2.40. The third-order valence-electron chi connectivity index (χ3n) is 4.24. The molecule has 0 N–H and O–H groups in total. The van der Waals surface area contributed by atoms with E-state index in [0.717, 1.165) is 37.2 Å². The largest absolute Gasteiger partial charge is 0.534 e. The first-order chi connectivity index (χ1) is 13.1. The van der Waals surface area contributed by atoms with Crippen LogP contribution in [0, 0.1) is 0 Å². The molecule has 2 rings (SSSR count). The number of alkyl halides is 3. The molecule has 0 saturated heterocycles. The highest BCUT2D eigenvalue weighted by atomic mass is 32.2. The lowest BCUT2D eigenvalue weighted by atomic mass is 10.1. The molecule has 1 aromatic rings. The van der Waals surface area contributed by atoms with E-state index >= 15 is 0 Å². The summed E-state index contributed by atoms with van der Waals surface area (Å²) in [6, 6.07) is 2.89. The van der Waals surface area contributed by atoms with Crippen molar-refractivity contribution in [2.24, 2.45) is 0 Å². The highest BCUT2D eigenvalue weighted by Gasteiger charge is 2.49. The minimum atomic E-state index is -5.77. The molecular formula is C19H26F3NO4S. The van der Waals surface area contributed by atoms with Gasteiger partial charge in [0.25, 0.3) is 0 Å². The SMILES string of the molecule is CCCOc1cc2c(cc1OS(=O)(=O)C(F)(F)F)C=C(N(CCC)CCC)C2. The molecule has 0 spiro atoms. The Labute approximate surface area is 164 Å². The second kappa shape index (κ2) is 9.07. The van der Waals surface area contributed by atoms with Gasteiger partial charge in [0.2, 0.25) is 0 Å². The molecule has 28 heavy (non-hydrogen) atoms. The van der Waals surface area contributed by atoms with E-state index in [2.05, 4.69) is 22.9 Å². The van der Waals surface area contributed by atoms with Gasteiger partial charge in [-0.25, -0.2) is 0 Å². The molecule has 5 nitrogen and oxygen atoms in total. The molecule has 158 valence electrons. The van der Waals surface area contributed by atoms with E-state index < -0.39 is 21.4 Å². The summed E-state index contributed by atoms with van der Waals surface area (Å²) in [5.41, 5.74) is -2.94. The first kappa shape index (κ1) is 22.4. The van der Waals surface area contributed by atoms with Gasteiger partial charge >= 0.3 is 15.6 Å². The molecule has 1 aromatic carbocycles. The average molecular weight is 421 g/mol. The second-order valence-corrected chi connectivity index (χ2v) is 8.17. The summed E-state index contributed by atoms with van der Waals surface area (Å²) in [5.74, 6) is -0.444. The maximum Gasteiger partial charge on any atom is 0.534 e. The highest BCUT2D eigenvalue weighted by Crippen LogP contribution is 2.39. The maximum atomic E-state index is 12.7. The minimum Gasteiger partial charge on any atom is -0.490 e. The van der Waals surface area contributed by atoms with Crippen LogP contribution in [0.4, 0.5) is 13.2 Å². The molecule has 0 radical (unpaired) electrons. The number of ether oxygens (including phenoxy) is 1. The van der Waals surface area contributed by atoms with Crippen LogP contribution in [-0.2, 0) is 16.5 Å². The Morgan fingerprint density at radius 2 is 1.68 bits per heavy atom. The maximum absolute atomic E-state index is 12.7. The van der Waals surface area contributed by atoms with Crippen molar-refractivity contribution in [3.8, 4) is 11.5 Å². The van der Waals surface area contributed by atoms with Crippen LogP contribution in [0.3, 0.4) is 0 Å². The smallest absolute Gasteiger partial charge is 0.490 e. The quantitative estimate of drug-likeness (QED) is 0.404. The standard InChI is InChI=1S/C19H26F3NO4S/c1-4-7-23(8-5-2)16-10-14-12-17(26-9-6-3)18(13-15(14)11-16)27-28(24,25)19(20,21)22/h11-13H,4-10H2,1-3H3. The summed E-state index contributed by atoms with van der Waals surface area (Å²) < 4.78 is 71.0. The topological polar surface area (TPSA) is 55.8 Å². The van der Waals surface area contributed by atoms with Crippen LogP contribution >= 0.6 is 0 Å². The number of hydrogen-bond acceptors (Lipinski definition) is 5. The zero-order chi connectivity index (χ0) is 20.9. The predicted molar refractivity (Wildman–Crippen MR) is 102 cm³/mol. The number of rotatable bonds is 10. The third kappa shape index (κ3) is 5.12. The number of hydrogen-bond donors (Lipinski definition) is 0. The zero-order valence-electron chi connectivity index (χ0n) is 16.3. The van der Waals surface area contributed by atoms with E-state index in [1.54, 1.807) is 6.07 Å². The molecule has 1 aliphatic rings. The van der Waals surface area contributed by atoms with Crippen molar-refractivity contribution in [2.45, 2.75) is 52.0 Å². The lowest BCUT2D eigenvalue weighted by molar-refractivity contribution is -0.0500. The van der Waals surface area contributed by atoms with Gasteiger partial charge < -0.3 is 13.8 Å². The van der Waals surface area contributed by atoms with Gasteiger partial charge in [0.15, 0.2) is 11.5 Å². The van der Waals surface area contributed by atoms with Gasteiger partial charge in [0, 0.05) is 25.2 Å². The van der Waals surface area contributed by atoms with Gasteiger partial charge in [0.05, 0.1) is 6.61 Å². The monoisotopic (exact) mass is 421 g/mol. The first-order valence-electron chi connectivity index (χ1n) is 9.38. The Bertz CT molecular complexity index is 813. The number of fused-ring (bicyclic) bond motifs is 1. The molecule has 0 saturated carbocycles. The van der Waals surface area contributed by atoms with Gasteiger partial charge in [-0.15, -0.1) is 0 Å². The van der Waals surface area contributed by atoms with Crippen molar-refractivity contribution < 1.29 is 30.5 Å². The van der Waals surface area contributed by atoms with Crippen molar-refractivity contribution in [1.82, 2.24) is 4.90 Å². The lowest BCUT2D eigenvalue weighted by Crippen LogP contribution is -2.28. The van der Waals surface area contributed by atoms with Crippen LogP contribution in [0.25, 0.3) is 6.08 Å². The summed E-state index contributed by atoms with van der Waals surface area (Å²) >= 11 is 0. The lowest BCUT2D eigenvalue weighted by Gasteiger charge is -2.25. The van der Waals surface area contributed by atoms with Crippen LogP contribution in [-0.4, -0.2) is 38.5 Å². The Morgan fingerprint density at radius 3 is 2.21 bits per heavy atom. The molecule has 0 fully saturated rings. The van der Waals surface area contributed by atoms with Gasteiger partial charge in [-0.2, -0.15) is 21.6 Å². The molecule has 0 bridgehead atoms. The second-order valence-electron chi connectivity index (χ2n) is 6.63. The minimum absolute atomic E-state index is 0.000563. The predicted octanol–water partition coefficient (Wildman–Crippen LogP) is 4.72. The molecule has 9 heteroatoms. The molecule has 0 atom stereocenters. The summed E-state index contributed by atoms with van der Waals surface area (Å²) in [4.78, 5) is 2.24. The van der Waals surface area contributed by atoms with E-state index in [0.29, 0.717) is 18.4 Å². The van der Waals surface area contributed by atoms with E-state index in [9.17, 15) is 21.6 Å². The third-order valence-corrected chi connectivity index (χ3v) is 5.20. The van der Waals surface area contributed by atoms with E-state index in [1.165, 1.54) is 6.07 Å². The molecule has 0 aromatic heterocycles. The number of nitrogens with zero attached hydrogens (tertiary/aromatic N) is 1. The first-order valence-corrected chi connectivity index (χ1v) is 10.8. The highest BCUT2D eigenvalue weighted by molar-refractivity contribution is 7.88. The summed E-state index contributed by atoms with van der Waals surface area (Å²) in [5, 5.41) is 0. The van der Waals surface area contributed by atoms with Gasteiger partial charge in [-0.1, -0.05) is 20.8 Å². The number of allylic oxidation sites excluding steroid dienone is 1. The van der Waals surface area contributed by atoms with Crippen LogP contribution < -0.4 is 8.92 Å². The van der Waals surface area contributed by atoms with Crippen molar-refractivity contribution in [3.05, 3.63) is 29.0 Å². The normalized spacial score (nSPS) is 13.9. The molecule has 0 amide bonds. The average Bonchev–Trinajstić information content (AvgIpc) is 3.01. The van der Waals surface area contributed by atoms with Gasteiger partial charge in [-0.05, 0) is 48.6 Å². The zero-order valence-corrected chi connectivity index (χ0v) is 17.1. The van der Waals surface area contributed by atoms with Crippen molar-refractivity contribution in [3.63, 3.8) is 0 Å². The van der Waals surface area contributed by atoms with E-state index in [4.69, 9.17) is 4.74 Å². The Kier molecular flexibility index (Phi) is 7.25. The Hall–Kier alpha value is -1.90. The summed E-state index contributed by atoms with van der Waals surface area (Å²) in [6.45, 7) is 7.98. The van der Waals surface area contributed by atoms with Crippen molar-refractivity contribution in [2.75, 3.05) is 19.7 Å². The van der Waals surface area contributed by atoms with Crippen LogP contribution in [0.15, 0.2) is 17.8 Å². The van der Waals surface area contributed by atoms with Crippen molar-refractivity contribution >= 4 is 16.2 Å². The fourth-order valence-electron chi connectivity index (χ4n) is 3.03. The Morgan fingerprint density at radius 1 is 1.04 bits per heavy atom. The summed E-state index contributed by atoms with van der Waals surface area (Å²) in [6.07, 6.45) is 5.04. The van der Waals surface area contributed by atoms with Crippen LogP contribution in [0.2, 0.25) is 0 Å². The van der Waals surface area contributed by atoms with Crippen molar-refractivity contribution in [1.29, 1.82) is 0 Å². The fraction of sp³-hybridized carbons (Fsp3) is 0.579. The molecular weight excluding hydrogens is 395 g/mol. The number of benzene rings is 1.